The van der Waals surface area contributed by atoms with E-state index in [4.69, 9.17) is 0 Å². The van der Waals surface area contributed by atoms with Crippen LogP contribution < -0.4 is 0 Å². The zero-order chi connectivity index (χ0) is 12.7. The Morgan fingerprint density at radius 2 is 1.47 bits per heavy atom. The van der Waals surface area contributed by atoms with Crippen LogP contribution in [0.15, 0.2) is 48.1 Å². The quantitative estimate of drug-likeness (QED) is 0.522. The van der Waals surface area contributed by atoms with Crippen LogP contribution in [-0.4, -0.2) is 0 Å². The average molecular weight is 208 g/mol. The topological polar surface area (TPSA) is 0 Å². The molecule has 0 unspecified atom stereocenters. The number of allylic oxidation sites excluding steroid dienone is 7. The molecule has 0 aromatic carbocycles. The van der Waals surface area contributed by atoms with Gasteiger partial charge in [0.1, 0.15) is 0 Å². The number of rotatable bonds is 3. The fourth-order valence-corrected chi connectivity index (χ4v) is 0.908. The summed E-state index contributed by atoms with van der Waals surface area (Å²) in [5.41, 5.74) is 2.51. The smallest absolute Gasteiger partial charge is 0.0273 e. The van der Waals surface area contributed by atoms with Gasteiger partial charge in [0, 0.05) is 0 Å². The normalized spacial score (nSPS) is 11.1. The Hall–Kier alpha value is -1.04. The lowest BCUT2D eigenvalue weighted by atomic mass is 10.1. The van der Waals surface area contributed by atoms with Gasteiger partial charge in [-0.2, -0.15) is 0 Å². The van der Waals surface area contributed by atoms with Crippen LogP contribution in [0.2, 0.25) is 0 Å². The molecule has 0 heteroatoms. The van der Waals surface area contributed by atoms with E-state index in [9.17, 15) is 0 Å². The van der Waals surface area contributed by atoms with Crippen molar-refractivity contribution in [1.29, 1.82) is 0 Å². The highest BCUT2D eigenvalue weighted by molar-refractivity contribution is 5.39. The number of hydrogen-bond donors (Lipinski definition) is 0. The van der Waals surface area contributed by atoms with E-state index in [2.05, 4.69) is 25.7 Å². The summed E-state index contributed by atoms with van der Waals surface area (Å²) >= 11 is 0. The van der Waals surface area contributed by atoms with Crippen molar-refractivity contribution in [3.05, 3.63) is 48.1 Å². The third-order valence-corrected chi connectivity index (χ3v) is 1.48. The van der Waals surface area contributed by atoms with Crippen molar-refractivity contribution in [2.45, 2.75) is 48.5 Å². The molecule has 0 aliphatic heterocycles. The van der Waals surface area contributed by atoms with Crippen LogP contribution in [0.1, 0.15) is 48.5 Å². The van der Waals surface area contributed by atoms with Crippen LogP contribution in [0.3, 0.4) is 0 Å². The van der Waals surface area contributed by atoms with Gasteiger partial charge >= 0.3 is 0 Å². The lowest BCUT2D eigenvalue weighted by Gasteiger charge is -1.98. The van der Waals surface area contributed by atoms with Crippen molar-refractivity contribution >= 4 is 0 Å². The Balaban J connectivity index is -0.000000318. The van der Waals surface area contributed by atoms with Crippen molar-refractivity contribution in [2.75, 3.05) is 0 Å². The minimum atomic E-state index is 1.25. The molecule has 0 N–H and O–H groups in total. The van der Waals surface area contributed by atoms with Crippen LogP contribution in [0, 0.1) is 0 Å². The highest BCUT2D eigenvalue weighted by atomic mass is 14.0. The lowest BCUT2D eigenvalue weighted by molar-refractivity contribution is 1.40. The van der Waals surface area contributed by atoms with Crippen molar-refractivity contribution in [2.24, 2.45) is 0 Å². The Morgan fingerprint density at radius 1 is 1.00 bits per heavy atom. The first kappa shape index (κ1) is 19.5. The summed E-state index contributed by atoms with van der Waals surface area (Å²) in [6.07, 6.45) is 10.0. The van der Waals surface area contributed by atoms with Gasteiger partial charge in [0.2, 0.25) is 0 Å². The monoisotopic (exact) mass is 208 g/mol. The molecule has 0 nitrogen and oxygen atoms in total. The van der Waals surface area contributed by atoms with Crippen LogP contribution in [0.4, 0.5) is 0 Å². The molecule has 0 radical (unpaired) electrons. The lowest BCUT2D eigenvalue weighted by Crippen LogP contribution is -1.78. The molecule has 0 aromatic rings. The largest absolute Gasteiger partial charge is 0.0991 e. The fourth-order valence-electron chi connectivity index (χ4n) is 0.908. The molecule has 0 spiro atoms. The third kappa shape index (κ3) is 13.0. The molecule has 0 aliphatic carbocycles. The van der Waals surface area contributed by atoms with E-state index >= 15 is 0 Å². The maximum absolute atomic E-state index is 3.65. The van der Waals surface area contributed by atoms with Gasteiger partial charge in [-0.15, -0.1) is 0 Å². The Bertz CT molecular complexity index is 202. The second kappa shape index (κ2) is 18.7. The van der Waals surface area contributed by atoms with Gasteiger partial charge in [-0.05, 0) is 31.9 Å². The Morgan fingerprint density at radius 3 is 1.73 bits per heavy atom. The molecule has 0 aromatic heterocycles. The molecular weight excluding hydrogens is 180 g/mol. The molecule has 0 fully saturated rings. The molecular formula is C15H28. The minimum absolute atomic E-state index is 1.25. The first-order chi connectivity index (χ1) is 7.26. The van der Waals surface area contributed by atoms with Gasteiger partial charge in [0.15, 0.2) is 0 Å². The molecule has 0 bridgehead atoms. The first-order valence-electron chi connectivity index (χ1n) is 5.85. The second-order valence-electron chi connectivity index (χ2n) is 2.33. The van der Waals surface area contributed by atoms with Gasteiger partial charge in [0.05, 0.1) is 0 Å². The van der Waals surface area contributed by atoms with E-state index in [-0.39, 0.29) is 0 Å². The zero-order valence-corrected chi connectivity index (χ0v) is 11.6. The molecule has 0 heterocycles. The van der Waals surface area contributed by atoms with Gasteiger partial charge in [0.25, 0.3) is 0 Å². The molecule has 0 saturated heterocycles. The predicted octanol–water partition coefficient (Wildman–Crippen LogP) is 5.69. The highest BCUT2D eigenvalue weighted by Gasteiger charge is 1.90. The van der Waals surface area contributed by atoms with Gasteiger partial charge < -0.3 is 0 Å². The maximum atomic E-state index is 3.65. The molecule has 0 atom stereocenters. The van der Waals surface area contributed by atoms with E-state index in [1.54, 1.807) is 0 Å². The van der Waals surface area contributed by atoms with Crippen molar-refractivity contribution in [1.82, 2.24) is 0 Å². The van der Waals surface area contributed by atoms with Crippen molar-refractivity contribution < 1.29 is 0 Å². The van der Waals surface area contributed by atoms with E-state index in [1.807, 2.05) is 59.8 Å². The van der Waals surface area contributed by atoms with E-state index < -0.39 is 0 Å². The van der Waals surface area contributed by atoms with E-state index in [1.165, 1.54) is 11.1 Å². The summed E-state index contributed by atoms with van der Waals surface area (Å²) < 4.78 is 0. The van der Waals surface area contributed by atoms with Crippen molar-refractivity contribution in [3.8, 4) is 0 Å². The summed E-state index contributed by atoms with van der Waals surface area (Å²) in [7, 11) is 0. The van der Waals surface area contributed by atoms with Crippen LogP contribution in [0.25, 0.3) is 0 Å². The maximum Gasteiger partial charge on any atom is -0.0273 e. The summed E-state index contributed by atoms with van der Waals surface area (Å²) in [6, 6.07) is 0. The molecule has 0 amide bonds. The fraction of sp³-hybridized carbons (Fsp3) is 0.467. The average Bonchev–Trinajstić information content (AvgIpc) is 2.31. The Labute approximate surface area is 97.1 Å². The summed E-state index contributed by atoms with van der Waals surface area (Å²) in [4.78, 5) is 0. The zero-order valence-electron chi connectivity index (χ0n) is 11.6. The third-order valence-electron chi connectivity index (χ3n) is 1.48. The predicted molar refractivity (Wildman–Crippen MR) is 75.2 cm³/mol. The van der Waals surface area contributed by atoms with Crippen LogP contribution in [-0.2, 0) is 0 Å². The molecule has 88 valence electrons. The van der Waals surface area contributed by atoms with Crippen LogP contribution >= 0.6 is 0 Å². The van der Waals surface area contributed by atoms with Gasteiger partial charge in [-0.3, -0.25) is 0 Å². The standard InChI is InChI=1S/C11H16.2C2H6/c1-5-8-10(4)11(7-3)9-6-2;2*1-2/h5-9H,1H2,2-4H3;2*1-2H3/b9-6-,10-8-,11-7-;;. The summed E-state index contributed by atoms with van der Waals surface area (Å²) in [6.45, 7) is 17.8. The van der Waals surface area contributed by atoms with Gasteiger partial charge in [-0.1, -0.05) is 64.7 Å². The second-order valence-corrected chi connectivity index (χ2v) is 2.33. The molecule has 0 rings (SSSR count). The number of hydrogen-bond acceptors (Lipinski definition) is 0. The summed E-state index contributed by atoms with van der Waals surface area (Å²) in [5, 5.41) is 0. The van der Waals surface area contributed by atoms with E-state index in [0.717, 1.165) is 0 Å². The SMILES string of the molecule is C=C\C=C(C)/C(/C=C\C)=C\C.CC.CC. The summed E-state index contributed by atoms with van der Waals surface area (Å²) in [5.74, 6) is 0. The van der Waals surface area contributed by atoms with Gasteiger partial charge in [-0.25, -0.2) is 0 Å². The van der Waals surface area contributed by atoms with Crippen LogP contribution in [0.5, 0.6) is 0 Å². The van der Waals surface area contributed by atoms with E-state index in [0.29, 0.717) is 0 Å². The highest BCUT2D eigenvalue weighted by Crippen LogP contribution is 2.10. The molecule has 15 heavy (non-hydrogen) atoms. The van der Waals surface area contributed by atoms with Crippen molar-refractivity contribution in [3.63, 3.8) is 0 Å². The minimum Gasteiger partial charge on any atom is -0.0991 e. The Kier molecular flexibility index (Phi) is 24.3. The molecule has 0 saturated carbocycles. The molecule has 0 aliphatic rings. The first-order valence-corrected chi connectivity index (χ1v) is 5.85.